The summed E-state index contributed by atoms with van der Waals surface area (Å²) in [5.41, 5.74) is 0.108. The molecule has 12 heteroatoms. The van der Waals surface area contributed by atoms with Crippen molar-refractivity contribution in [1.29, 1.82) is 0 Å². The summed E-state index contributed by atoms with van der Waals surface area (Å²) in [4.78, 5) is 42.7. The van der Waals surface area contributed by atoms with E-state index in [2.05, 4.69) is 15.3 Å². The molecule has 10 nitrogen and oxygen atoms in total. The molecule has 0 bridgehead atoms. The van der Waals surface area contributed by atoms with Crippen molar-refractivity contribution in [2.24, 2.45) is 0 Å². The number of carboxylic acid groups (broad SMARTS) is 1. The fourth-order valence-corrected chi connectivity index (χ4v) is 3.70. The summed E-state index contributed by atoms with van der Waals surface area (Å²) in [6, 6.07) is 9.30. The van der Waals surface area contributed by atoms with Crippen molar-refractivity contribution >= 4 is 34.4 Å². The SMILES string of the molecule is O=C(NCc1cccc(Cl)c1)c1nc2ccc(F)c(OCCC3COC(C(=O)O)CO3)c2c(=O)[nH]1. The monoisotopic (exact) mass is 505 g/mol. The molecule has 4 rings (SSSR count). The maximum atomic E-state index is 14.5. The highest BCUT2D eigenvalue weighted by molar-refractivity contribution is 6.30. The molecular weight excluding hydrogens is 485 g/mol. The summed E-state index contributed by atoms with van der Waals surface area (Å²) >= 11 is 5.94. The van der Waals surface area contributed by atoms with Crippen molar-refractivity contribution < 1.29 is 33.3 Å². The number of carbonyl (C=O) groups is 2. The van der Waals surface area contributed by atoms with Crippen LogP contribution in [0, 0.1) is 5.82 Å². The van der Waals surface area contributed by atoms with Gasteiger partial charge in [-0.15, -0.1) is 0 Å². The Hall–Kier alpha value is -3.54. The number of aromatic nitrogens is 2. The lowest BCUT2D eigenvalue weighted by atomic mass is 10.2. The van der Waals surface area contributed by atoms with E-state index in [0.29, 0.717) is 5.02 Å². The molecule has 1 aliphatic heterocycles. The molecule has 1 amide bonds. The fraction of sp³-hybridized carbons (Fsp3) is 0.304. The first-order valence-electron chi connectivity index (χ1n) is 10.7. The van der Waals surface area contributed by atoms with Gasteiger partial charge in [0.1, 0.15) is 5.39 Å². The average molecular weight is 506 g/mol. The van der Waals surface area contributed by atoms with Crippen LogP contribution in [0.5, 0.6) is 5.75 Å². The number of amides is 1. The van der Waals surface area contributed by atoms with Crippen LogP contribution in [-0.2, 0) is 20.8 Å². The van der Waals surface area contributed by atoms with Gasteiger partial charge in [-0.3, -0.25) is 9.59 Å². The minimum absolute atomic E-state index is 0.0247. The van der Waals surface area contributed by atoms with E-state index >= 15 is 0 Å². The van der Waals surface area contributed by atoms with E-state index in [-0.39, 0.29) is 55.3 Å². The molecule has 1 saturated heterocycles. The molecule has 2 atom stereocenters. The summed E-state index contributed by atoms with van der Waals surface area (Å²) < 4.78 is 30.6. The molecular formula is C23H21ClFN3O7. The Bertz CT molecular complexity index is 1310. The van der Waals surface area contributed by atoms with E-state index in [1.54, 1.807) is 24.3 Å². The number of rotatable bonds is 8. The Morgan fingerprint density at radius 1 is 1.26 bits per heavy atom. The van der Waals surface area contributed by atoms with Crippen LogP contribution in [0.15, 0.2) is 41.2 Å². The Kier molecular flexibility index (Phi) is 7.59. The lowest BCUT2D eigenvalue weighted by Gasteiger charge is -2.27. The molecule has 3 N–H and O–H groups in total. The van der Waals surface area contributed by atoms with Gasteiger partial charge < -0.3 is 29.6 Å². The van der Waals surface area contributed by atoms with E-state index in [9.17, 15) is 18.8 Å². The summed E-state index contributed by atoms with van der Waals surface area (Å²) in [6.07, 6.45) is -1.18. The smallest absolute Gasteiger partial charge is 0.335 e. The Labute approximate surface area is 203 Å². The van der Waals surface area contributed by atoms with Crippen LogP contribution in [0.1, 0.15) is 22.6 Å². The average Bonchev–Trinajstić information content (AvgIpc) is 2.84. The molecule has 184 valence electrons. The molecule has 0 saturated carbocycles. The zero-order valence-corrected chi connectivity index (χ0v) is 19.0. The third-order valence-electron chi connectivity index (χ3n) is 5.26. The quantitative estimate of drug-likeness (QED) is 0.423. The van der Waals surface area contributed by atoms with Crippen molar-refractivity contribution in [2.75, 3.05) is 19.8 Å². The van der Waals surface area contributed by atoms with E-state index in [0.717, 1.165) is 11.6 Å². The maximum absolute atomic E-state index is 14.5. The van der Waals surface area contributed by atoms with Crippen LogP contribution in [0.25, 0.3) is 10.9 Å². The van der Waals surface area contributed by atoms with Crippen LogP contribution < -0.4 is 15.6 Å². The fourth-order valence-electron chi connectivity index (χ4n) is 3.48. The van der Waals surface area contributed by atoms with Crippen molar-refractivity contribution in [2.45, 2.75) is 25.2 Å². The van der Waals surface area contributed by atoms with E-state index in [4.69, 9.17) is 30.9 Å². The van der Waals surface area contributed by atoms with Gasteiger partial charge in [0.05, 0.1) is 31.4 Å². The predicted octanol–water partition coefficient (Wildman–Crippen LogP) is 2.28. The van der Waals surface area contributed by atoms with Crippen LogP contribution in [-0.4, -0.2) is 59.0 Å². The maximum Gasteiger partial charge on any atom is 0.335 e. The number of H-pyrrole nitrogens is 1. The van der Waals surface area contributed by atoms with Crippen molar-refractivity contribution in [3.63, 3.8) is 0 Å². The normalized spacial score (nSPS) is 17.8. The minimum atomic E-state index is -1.11. The second kappa shape index (κ2) is 10.8. The molecule has 35 heavy (non-hydrogen) atoms. The van der Waals surface area contributed by atoms with Crippen LogP contribution >= 0.6 is 11.6 Å². The Morgan fingerprint density at radius 2 is 2.09 bits per heavy atom. The number of aromatic amines is 1. The number of nitrogens with zero attached hydrogens (tertiary/aromatic N) is 1. The first kappa shape index (κ1) is 24.6. The first-order chi connectivity index (χ1) is 16.8. The van der Waals surface area contributed by atoms with Gasteiger partial charge in [-0.2, -0.15) is 0 Å². The van der Waals surface area contributed by atoms with E-state index in [1.165, 1.54) is 6.07 Å². The topological polar surface area (TPSA) is 140 Å². The molecule has 2 aromatic carbocycles. The Balaban J connectivity index is 1.44. The van der Waals surface area contributed by atoms with Gasteiger partial charge in [0.15, 0.2) is 23.5 Å². The zero-order valence-electron chi connectivity index (χ0n) is 18.3. The van der Waals surface area contributed by atoms with Gasteiger partial charge in [-0.25, -0.2) is 14.2 Å². The molecule has 0 radical (unpaired) electrons. The zero-order chi connectivity index (χ0) is 24.9. The summed E-state index contributed by atoms with van der Waals surface area (Å²) in [6.45, 7) is 0.0880. The number of nitrogens with one attached hydrogen (secondary N) is 2. The van der Waals surface area contributed by atoms with Gasteiger partial charge in [-0.1, -0.05) is 23.7 Å². The van der Waals surface area contributed by atoms with Gasteiger partial charge in [0.2, 0.25) is 0 Å². The predicted molar refractivity (Wildman–Crippen MR) is 122 cm³/mol. The highest BCUT2D eigenvalue weighted by Crippen LogP contribution is 2.26. The second-order valence-corrected chi connectivity index (χ2v) is 8.19. The summed E-state index contributed by atoms with van der Waals surface area (Å²) in [7, 11) is 0. The van der Waals surface area contributed by atoms with Gasteiger partial charge >= 0.3 is 5.97 Å². The lowest BCUT2D eigenvalue weighted by molar-refractivity contribution is -0.176. The third-order valence-corrected chi connectivity index (χ3v) is 5.50. The molecule has 1 fully saturated rings. The number of ether oxygens (including phenoxy) is 3. The molecule has 2 heterocycles. The Morgan fingerprint density at radius 3 is 2.80 bits per heavy atom. The van der Waals surface area contributed by atoms with Gasteiger partial charge in [0, 0.05) is 18.0 Å². The molecule has 0 spiro atoms. The van der Waals surface area contributed by atoms with Gasteiger partial charge in [0.25, 0.3) is 11.5 Å². The summed E-state index contributed by atoms with van der Waals surface area (Å²) in [5.74, 6) is -3.04. The minimum Gasteiger partial charge on any atom is -0.489 e. The number of aliphatic carboxylic acids is 1. The van der Waals surface area contributed by atoms with Crippen LogP contribution in [0.2, 0.25) is 5.02 Å². The lowest BCUT2D eigenvalue weighted by Crippen LogP contribution is -2.40. The van der Waals surface area contributed by atoms with Crippen LogP contribution in [0.4, 0.5) is 4.39 Å². The van der Waals surface area contributed by atoms with Crippen molar-refractivity contribution in [1.82, 2.24) is 15.3 Å². The number of carboxylic acids is 1. The number of halogens is 2. The van der Waals surface area contributed by atoms with Gasteiger partial charge in [-0.05, 0) is 29.8 Å². The highest BCUT2D eigenvalue weighted by atomic mass is 35.5. The largest absolute Gasteiger partial charge is 0.489 e. The van der Waals surface area contributed by atoms with Crippen molar-refractivity contribution in [3.8, 4) is 5.75 Å². The molecule has 2 unspecified atom stereocenters. The number of carbonyl (C=O) groups excluding carboxylic acids is 1. The summed E-state index contributed by atoms with van der Waals surface area (Å²) in [5, 5.41) is 11.9. The molecule has 1 aliphatic rings. The van der Waals surface area contributed by atoms with Crippen molar-refractivity contribution in [3.05, 3.63) is 69.0 Å². The number of fused-ring (bicyclic) bond motifs is 1. The molecule has 0 aliphatic carbocycles. The third kappa shape index (κ3) is 5.94. The number of hydrogen-bond donors (Lipinski definition) is 3. The standard InChI is InChI=1S/C23H21ClFN3O7/c24-13-3-1-2-12(8-13)9-26-22(30)20-27-16-5-4-15(25)19(18(16)21(29)28-20)33-7-6-14-10-35-17(11-34-14)23(31)32/h1-5,8,14,17H,6-7,9-11H2,(H,26,30)(H,31,32)(H,27,28,29). The van der Waals surface area contributed by atoms with E-state index in [1.807, 2.05) is 0 Å². The first-order valence-corrected chi connectivity index (χ1v) is 11.0. The number of benzene rings is 2. The molecule has 1 aromatic heterocycles. The van der Waals surface area contributed by atoms with E-state index < -0.39 is 35.5 Å². The second-order valence-electron chi connectivity index (χ2n) is 7.75. The highest BCUT2D eigenvalue weighted by Gasteiger charge is 2.27. The molecule has 3 aromatic rings. The number of hydrogen-bond acceptors (Lipinski definition) is 7. The van der Waals surface area contributed by atoms with Crippen LogP contribution in [0.3, 0.4) is 0 Å².